The molecule has 0 aliphatic heterocycles. The van der Waals surface area contributed by atoms with Gasteiger partial charge in [-0.3, -0.25) is 4.79 Å². The number of aromatic hydroxyl groups is 1. The molecule has 2 rings (SSSR count). The molecule has 1 aromatic carbocycles. The summed E-state index contributed by atoms with van der Waals surface area (Å²) in [6, 6.07) is 6.03. The maximum Gasteiger partial charge on any atom is 0.254 e. The van der Waals surface area contributed by atoms with Crippen LogP contribution in [-0.4, -0.2) is 41.6 Å². The summed E-state index contributed by atoms with van der Waals surface area (Å²) in [5.41, 5.74) is 1.27. The van der Waals surface area contributed by atoms with Crippen molar-refractivity contribution in [2.75, 3.05) is 13.6 Å². The predicted molar refractivity (Wildman–Crippen MR) is 84.7 cm³/mol. The number of carbonyl (C=O) groups excluding carboxylic acids is 1. The van der Waals surface area contributed by atoms with Crippen LogP contribution in [0.15, 0.2) is 18.2 Å². The number of carbonyl (C=O) groups is 1. The Bertz CT molecular complexity index is 494. The number of amides is 1. The van der Waals surface area contributed by atoms with Gasteiger partial charge in [0.15, 0.2) is 0 Å². The number of phenolic OH excluding ortho intramolecular Hbond substituents is 1. The maximum atomic E-state index is 12.6. The number of hydrogen-bond acceptors (Lipinski definition) is 3. The van der Waals surface area contributed by atoms with Gasteiger partial charge >= 0.3 is 0 Å². The van der Waals surface area contributed by atoms with Crippen LogP contribution in [0.3, 0.4) is 0 Å². The maximum absolute atomic E-state index is 12.6. The molecule has 0 radical (unpaired) electrons. The molecule has 0 saturated heterocycles. The van der Waals surface area contributed by atoms with Crippen LogP contribution in [0.2, 0.25) is 0 Å². The molecule has 1 aliphatic rings. The zero-order valence-corrected chi connectivity index (χ0v) is 13.2. The van der Waals surface area contributed by atoms with E-state index in [0.717, 1.165) is 32.2 Å². The minimum Gasteiger partial charge on any atom is -0.508 e. The van der Waals surface area contributed by atoms with Gasteiger partial charge in [-0.25, -0.2) is 0 Å². The van der Waals surface area contributed by atoms with Gasteiger partial charge in [0.2, 0.25) is 0 Å². The van der Waals surface area contributed by atoms with Gasteiger partial charge in [0.25, 0.3) is 5.91 Å². The van der Waals surface area contributed by atoms with E-state index in [1.807, 2.05) is 11.9 Å². The summed E-state index contributed by atoms with van der Waals surface area (Å²) >= 11 is 0. The summed E-state index contributed by atoms with van der Waals surface area (Å²) in [6.07, 6.45) is 4.32. The summed E-state index contributed by atoms with van der Waals surface area (Å²) in [6.45, 7) is 4.93. The molecule has 2 N–H and O–H groups in total. The summed E-state index contributed by atoms with van der Waals surface area (Å²) in [4.78, 5) is 14.5. The highest BCUT2D eigenvalue weighted by Gasteiger charge is 2.27. The van der Waals surface area contributed by atoms with Crippen molar-refractivity contribution in [2.45, 2.75) is 51.6 Å². The number of nitrogens with one attached hydrogen (secondary N) is 1. The Balaban J connectivity index is 2.02. The molecule has 116 valence electrons. The molecule has 4 heteroatoms. The molecule has 21 heavy (non-hydrogen) atoms. The molecule has 1 aliphatic carbocycles. The predicted octanol–water partition coefficient (Wildman–Crippen LogP) is 2.69. The average Bonchev–Trinajstić information content (AvgIpc) is 2.50. The van der Waals surface area contributed by atoms with E-state index in [2.05, 4.69) is 12.2 Å². The molecule has 1 amide bonds. The van der Waals surface area contributed by atoms with Crippen molar-refractivity contribution in [3.63, 3.8) is 0 Å². The third-order valence-electron chi connectivity index (χ3n) is 4.59. The van der Waals surface area contributed by atoms with E-state index in [9.17, 15) is 9.90 Å². The van der Waals surface area contributed by atoms with E-state index in [1.165, 1.54) is 0 Å². The topological polar surface area (TPSA) is 52.6 Å². The normalized spacial score (nSPS) is 22.0. The van der Waals surface area contributed by atoms with Gasteiger partial charge in [-0.15, -0.1) is 0 Å². The highest BCUT2D eigenvalue weighted by molar-refractivity contribution is 5.96. The lowest BCUT2D eigenvalue weighted by molar-refractivity contribution is 0.0683. The van der Waals surface area contributed by atoms with Crippen LogP contribution in [-0.2, 0) is 0 Å². The Morgan fingerprint density at radius 2 is 2.00 bits per heavy atom. The first-order chi connectivity index (χ1) is 10.0. The van der Waals surface area contributed by atoms with Gasteiger partial charge in [-0.2, -0.15) is 0 Å². The van der Waals surface area contributed by atoms with Gasteiger partial charge in [-0.1, -0.05) is 13.0 Å². The van der Waals surface area contributed by atoms with Crippen molar-refractivity contribution in [3.05, 3.63) is 29.3 Å². The number of nitrogens with zero attached hydrogens (tertiary/aromatic N) is 1. The molecule has 0 heterocycles. The Kier molecular flexibility index (Phi) is 5.23. The molecule has 0 spiro atoms. The van der Waals surface area contributed by atoms with Crippen molar-refractivity contribution < 1.29 is 9.90 Å². The lowest BCUT2D eigenvalue weighted by Crippen LogP contribution is -2.43. The monoisotopic (exact) mass is 290 g/mol. The van der Waals surface area contributed by atoms with Gasteiger partial charge in [0, 0.05) is 30.3 Å². The van der Waals surface area contributed by atoms with Gasteiger partial charge in [0.1, 0.15) is 5.75 Å². The Labute approximate surface area is 127 Å². The van der Waals surface area contributed by atoms with Crippen molar-refractivity contribution in [1.29, 1.82) is 0 Å². The van der Waals surface area contributed by atoms with E-state index in [0.29, 0.717) is 23.2 Å². The van der Waals surface area contributed by atoms with Crippen LogP contribution in [0.1, 0.15) is 48.5 Å². The fraction of sp³-hybridized carbons (Fsp3) is 0.588. The standard InChI is InChI=1S/C17H26N2O2/c1-4-18-13-8-10-14(11-9-13)19(3)17(21)15-6-5-7-16(20)12(15)2/h5-7,13-14,18,20H,4,8-11H2,1-3H3. The molecular weight excluding hydrogens is 264 g/mol. The zero-order chi connectivity index (χ0) is 15.4. The number of hydrogen-bond donors (Lipinski definition) is 2. The van der Waals surface area contributed by atoms with E-state index in [4.69, 9.17) is 0 Å². The first-order valence-electron chi connectivity index (χ1n) is 7.83. The smallest absolute Gasteiger partial charge is 0.254 e. The molecule has 1 fully saturated rings. The second-order valence-corrected chi connectivity index (χ2v) is 5.93. The van der Waals surface area contributed by atoms with Crippen LogP contribution in [0.25, 0.3) is 0 Å². The largest absolute Gasteiger partial charge is 0.508 e. The van der Waals surface area contributed by atoms with E-state index >= 15 is 0 Å². The van der Waals surface area contributed by atoms with Crippen LogP contribution < -0.4 is 5.32 Å². The first-order valence-corrected chi connectivity index (χ1v) is 7.83. The van der Waals surface area contributed by atoms with Gasteiger partial charge in [-0.05, 0) is 51.3 Å². The first kappa shape index (κ1) is 15.8. The van der Waals surface area contributed by atoms with Crippen molar-refractivity contribution in [3.8, 4) is 5.75 Å². The number of rotatable bonds is 4. The summed E-state index contributed by atoms with van der Waals surface area (Å²) < 4.78 is 0. The molecule has 0 atom stereocenters. The minimum atomic E-state index is 0.00954. The second-order valence-electron chi connectivity index (χ2n) is 5.93. The Hall–Kier alpha value is -1.55. The third-order valence-corrected chi connectivity index (χ3v) is 4.59. The fourth-order valence-electron chi connectivity index (χ4n) is 3.17. The highest BCUT2D eigenvalue weighted by atomic mass is 16.3. The Morgan fingerprint density at radius 1 is 1.33 bits per heavy atom. The summed E-state index contributed by atoms with van der Waals surface area (Å²) in [5.74, 6) is 0.195. The molecule has 0 bridgehead atoms. The molecule has 1 aromatic rings. The summed E-state index contributed by atoms with van der Waals surface area (Å²) in [5, 5.41) is 13.2. The molecule has 0 unspecified atom stereocenters. The quantitative estimate of drug-likeness (QED) is 0.896. The Morgan fingerprint density at radius 3 is 2.62 bits per heavy atom. The van der Waals surface area contributed by atoms with E-state index < -0.39 is 0 Å². The SMILES string of the molecule is CCNC1CCC(N(C)C(=O)c2cccc(O)c2C)CC1. The van der Waals surface area contributed by atoms with Crippen molar-refractivity contribution in [2.24, 2.45) is 0 Å². The third kappa shape index (κ3) is 3.56. The fourth-order valence-corrected chi connectivity index (χ4v) is 3.17. The van der Waals surface area contributed by atoms with E-state index in [-0.39, 0.29) is 11.7 Å². The second kappa shape index (κ2) is 6.94. The average molecular weight is 290 g/mol. The van der Waals surface area contributed by atoms with Crippen LogP contribution in [0, 0.1) is 6.92 Å². The molecule has 0 aromatic heterocycles. The lowest BCUT2D eigenvalue weighted by atomic mass is 9.90. The minimum absolute atomic E-state index is 0.00954. The van der Waals surface area contributed by atoms with Crippen molar-refractivity contribution in [1.82, 2.24) is 10.2 Å². The van der Waals surface area contributed by atoms with Crippen LogP contribution in [0.5, 0.6) is 5.75 Å². The molecule has 1 saturated carbocycles. The van der Waals surface area contributed by atoms with Crippen LogP contribution in [0.4, 0.5) is 0 Å². The van der Waals surface area contributed by atoms with Crippen LogP contribution >= 0.6 is 0 Å². The number of phenols is 1. The zero-order valence-electron chi connectivity index (χ0n) is 13.2. The van der Waals surface area contributed by atoms with E-state index in [1.54, 1.807) is 25.1 Å². The molecular formula is C17H26N2O2. The lowest BCUT2D eigenvalue weighted by Gasteiger charge is -2.35. The van der Waals surface area contributed by atoms with Crippen molar-refractivity contribution >= 4 is 5.91 Å². The van der Waals surface area contributed by atoms with Gasteiger partial charge < -0.3 is 15.3 Å². The van der Waals surface area contributed by atoms with Gasteiger partial charge in [0.05, 0.1) is 0 Å². The number of benzene rings is 1. The summed E-state index contributed by atoms with van der Waals surface area (Å²) in [7, 11) is 1.88. The molecule has 4 nitrogen and oxygen atoms in total. The highest BCUT2D eigenvalue weighted by Crippen LogP contribution is 2.26.